The number of hydrogen-bond acceptors (Lipinski definition) is 4. The van der Waals surface area contributed by atoms with Crippen LogP contribution in [-0.4, -0.2) is 27.5 Å². The van der Waals surface area contributed by atoms with E-state index >= 15 is 0 Å². The van der Waals surface area contributed by atoms with E-state index in [2.05, 4.69) is 20.4 Å². The highest BCUT2D eigenvalue weighted by Crippen LogP contribution is 2.23. The Morgan fingerprint density at radius 1 is 1.14 bits per heavy atom. The Labute approximate surface area is 167 Å². The Morgan fingerprint density at radius 2 is 1.86 bits per heavy atom. The molecule has 0 atom stereocenters. The fourth-order valence-corrected chi connectivity index (χ4v) is 3.15. The molecule has 8 heteroatoms. The highest BCUT2D eigenvalue weighted by atomic mass is 19.3. The van der Waals surface area contributed by atoms with Gasteiger partial charge in [0.2, 0.25) is 0 Å². The van der Waals surface area contributed by atoms with E-state index in [0.29, 0.717) is 17.8 Å². The fraction of sp³-hybridized carbons (Fsp3) is 0.286. The summed E-state index contributed by atoms with van der Waals surface area (Å²) in [4.78, 5) is 12.9. The number of para-hydroxylation sites is 1. The van der Waals surface area contributed by atoms with Crippen molar-refractivity contribution in [1.82, 2.24) is 15.0 Å². The molecule has 1 heterocycles. The number of aromatic nitrogens is 3. The Bertz CT molecular complexity index is 1000. The molecule has 0 saturated heterocycles. The van der Waals surface area contributed by atoms with Gasteiger partial charge in [0.15, 0.2) is 5.69 Å². The average molecular weight is 400 g/mol. The molecule has 0 aliphatic heterocycles. The van der Waals surface area contributed by atoms with Crippen molar-refractivity contribution in [3.8, 4) is 11.4 Å². The number of carbonyl (C=O) groups is 1. The van der Waals surface area contributed by atoms with Crippen LogP contribution in [-0.2, 0) is 12.8 Å². The van der Waals surface area contributed by atoms with Crippen molar-refractivity contribution in [1.29, 1.82) is 0 Å². The summed E-state index contributed by atoms with van der Waals surface area (Å²) in [5, 5.41) is 11.1. The maximum absolute atomic E-state index is 12.9. The third-order valence-corrected chi connectivity index (χ3v) is 4.60. The van der Waals surface area contributed by atoms with Crippen LogP contribution in [0.4, 0.5) is 14.5 Å². The Kier molecular flexibility index (Phi) is 6.21. The van der Waals surface area contributed by atoms with Gasteiger partial charge in [0.05, 0.1) is 11.4 Å². The zero-order valence-corrected chi connectivity index (χ0v) is 16.4. The van der Waals surface area contributed by atoms with Gasteiger partial charge in [-0.15, -0.1) is 5.10 Å². The average Bonchev–Trinajstić information content (AvgIpc) is 3.13. The topological polar surface area (TPSA) is 69.0 Å². The van der Waals surface area contributed by atoms with Crippen LogP contribution >= 0.6 is 0 Å². The first kappa shape index (κ1) is 20.4. The predicted octanol–water partition coefficient (Wildman–Crippen LogP) is 4.55. The van der Waals surface area contributed by atoms with Gasteiger partial charge >= 0.3 is 6.61 Å². The number of hydrogen-bond donors (Lipinski definition) is 1. The lowest BCUT2D eigenvalue weighted by Gasteiger charge is -2.13. The van der Waals surface area contributed by atoms with Crippen molar-refractivity contribution in [2.24, 2.45) is 0 Å². The molecule has 0 fully saturated rings. The van der Waals surface area contributed by atoms with Crippen LogP contribution < -0.4 is 10.1 Å². The van der Waals surface area contributed by atoms with Crippen LogP contribution in [0.15, 0.2) is 42.5 Å². The number of benzene rings is 2. The van der Waals surface area contributed by atoms with Crippen LogP contribution in [0.2, 0.25) is 0 Å². The summed E-state index contributed by atoms with van der Waals surface area (Å²) in [6.07, 6.45) is 1.30. The van der Waals surface area contributed by atoms with Crippen LogP contribution in [0, 0.1) is 6.92 Å². The molecule has 0 spiro atoms. The smallest absolute Gasteiger partial charge is 0.387 e. The Hall–Kier alpha value is -3.29. The van der Waals surface area contributed by atoms with E-state index in [1.54, 1.807) is 12.1 Å². The number of alkyl halides is 2. The van der Waals surface area contributed by atoms with Gasteiger partial charge in [0.1, 0.15) is 5.75 Å². The summed E-state index contributed by atoms with van der Waals surface area (Å²) >= 11 is 0. The predicted molar refractivity (Wildman–Crippen MR) is 106 cm³/mol. The Morgan fingerprint density at radius 3 is 2.48 bits per heavy atom. The summed E-state index contributed by atoms with van der Waals surface area (Å²) in [6, 6.07) is 11.9. The highest BCUT2D eigenvalue weighted by Gasteiger charge is 2.21. The van der Waals surface area contributed by atoms with Gasteiger partial charge in [0.25, 0.3) is 5.91 Å². The molecule has 0 aliphatic rings. The molecule has 1 amide bonds. The van der Waals surface area contributed by atoms with Crippen molar-refractivity contribution in [3.05, 3.63) is 65.0 Å². The third kappa shape index (κ3) is 4.42. The lowest BCUT2D eigenvalue weighted by Crippen LogP contribution is -2.17. The summed E-state index contributed by atoms with van der Waals surface area (Å²) in [5.41, 5.74) is 4.24. The van der Waals surface area contributed by atoms with Gasteiger partial charge < -0.3 is 10.1 Å². The van der Waals surface area contributed by atoms with Gasteiger partial charge in [-0.25, -0.2) is 4.68 Å². The van der Waals surface area contributed by atoms with Crippen molar-refractivity contribution < 1.29 is 18.3 Å². The van der Waals surface area contributed by atoms with Gasteiger partial charge in [-0.1, -0.05) is 37.3 Å². The summed E-state index contributed by atoms with van der Waals surface area (Å²) in [5.74, 6) is -0.290. The molecule has 0 unspecified atom stereocenters. The molecule has 2 aromatic carbocycles. The molecule has 1 aromatic heterocycles. The van der Waals surface area contributed by atoms with E-state index in [0.717, 1.165) is 23.2 Å². The first-order valence-corrected chi connectivity index (χ1v) is 9.34. The molecule has 0 radical (unpaired) electrons. The van der Waals surface area contributed by atoms with E-state index < -0.39 is 6.61 Å². The molecule has 1 N–H and O–H groups in total. The quantitative estimate of drug-likeness (QED) is 0.632. The normalized spacial score (nSPS) is 11.0. The summed E-state index contributed by atoms with van der Waals surface area (Å²) in [7, 11) is 0. The molecule has 152 valence electrons. The number of ether oxygens (including phenoxy) is 1. The van der Waals surface area contributed by atoms with Crippen molar-refractivity contribution in [2.75, 3.05) is 5.32 Å². The second-order valence-electron chi connectivity index (χ2n) is 6.44. The standard InChI is InChI=1S/C21H22F2N4O2/c1-4-14-8-6-7-13(3)18(14)24-20(28)19-17(5-2)27(26-25-19)15-9-11-16(12-10-15)29-21(22)23/h6-12,21H,4-5H2,1-3H3,(H,24,28). The molecular weight excluding hydrogens is 378 g/mol. The molecule has 3 rings (SSSR count). The molecule has 0 bridgehead atoms. The third-order valence-electron chi connectivity index (χ3n) is 4.60. The molecule has 6 nitrogen and oxygen atoms in total. The zero-order valence-electron chi connectivity index (χ0n) is 16.4. The van der Waals surface area contributed by atoms with Crippen LogP contribution in [0.3, 0.4) is 0 Å². The molecule has 3 aromatic rings. The maximum atomic E-state index is 12.9. The summed E-state index contributed by atoms with van der Waals surface area (Å²) < 4.78 is 30.5. The first-order valence-electron chi connectivity index (χ1n) is 9.34. The number of nitrogens with one attached hydrogen (secondary N) is 1. The van der Waals surface area contributed by atoms with Gasteiger partial charge in [-0.3, -0.25) is 4.79 Å². The first-order chi connectivity index (χ1) is 13.9. The maximum Gasteiger partial charge on any atom is 0.387 e. The SMILES string of the molecule is CCc1cccc(C)c1NC(=O)c1nnn(-c2ccc(OC(F)F)cc2)c1CC. The van der Waals surface area contributed by atoms with E-state index in [9.17, 15) is 13.6 Å². The van der Waals surface area contributed by atoms with E-state index in [1.807, 2.05) is 39.0 Å². The van der Waals surface area contributed by atoms with E-state index in [1.165, 1.54) is 16.8 Å². The van der Waals surface area contributed by atoms with Crippen molar-refractivity contribution in [2.45, 2.75) is 40.2 Å². The minimum Gasteiger partial charge on any atom is -0.435 e. The number of rotatable bonds is 7. The monoisotopic (exact) mass is 400 g/mol. The van der Waals surface area contributed by atoms with Crippen molar-refractivity contribution in [3.63, 3.8) is 0 Å². The fourth-order valence-electron chi connectivity index (χ4n) is 3.15. The lowest BCUT2D eigenvalue weighted by molar-refractivity contribution is -0.0498. The largest absolute Gasteiger partial charge is 0.435 e. The number of anilines is 1. The van der Waals surface area contributed by atoms with Crippen LogP contribution in [0.25, 0.3) is 5.69 Å². The zero-order chi connectivity index (χ0) is 21.0. The minimum atomic E-state index is -2.89. The second-order valence-corrected chi connectivity index (χ2v) is 6.44. The number of aryl methyl sites for hydroxylation is 2. The number of carbonyl (C=O) groups excluding carboxylic acids is 1. The second kappa shape index (κ2) is 8.81. The molecule has 0 aliphatic carbocycles. The Balaban J connectivity index is 1.89. The van der Waals surface area contributed by atoms with E-state index in [-0.39, 0.29) is 17.4 Å². The van der Waals surface area contributed by atoms with Crippen LogP contribution in [0.1, 0.15) is 41.2 Å². The van der Waals surface area contributed by atoms with Gasteiger partial charge in [-0.2, -0.15) is 8.78 Å². The molecular formula is C21H22F2N4O2. The minimum absolute atomic E-state index is 0.0477. The number of nitrogens with zero attached hydrogens (tertiary/aromatic N) is 3. The highest BCUT2D eigenvalue weighted by molar-refractivity contribution is 6.04. The van der Waals surface area contributed by atoms with Gasteiger partial charge in [0, 0.05) is 5.69 Å². The molecule has 29 heavy (non-hydrogen) atoms. The van der Waals surface area contributed by atoms with Crippen LogP contribution in [0.5, 0.6) is 5.75 Å². The van der Waals surface area contributed by atoms with E-state index in [4.69, 9.17) is 0 Å². The lowest BCUT2D eigenvalue weighted by atomic mass is 10.1. The van der Waals surface area contributed by atoms with Crippen molar-refractivity contribution >= 4 is 11.6 Å². The number of amides is 1. The molecule has 0 saturated carbocycles. The summed E-state index contributed by atoms with van der Waals surface area (Å²) in [6.45, 7) is 2.98. The van der Waals surface area contributed by atoms with Gasteiger partial charge in [-0.05, 0) is 55.2 Å². The number of halogens is 2.